The van der Waals surface area contributed by atoms with Gasteiger partial charge in [0.15, 0.2) is 0 Å². The van der Waals surface area contributed by atoms with E-state index in [2.05, 4.69) is 11.8 Å². The molecule has 1 unspecified atom stereocenters. The minimum absolute atomic E-state index is 0.294. The van der Waals surface area contributed by atoms with Gasteiger partial charge in [-0.25, -0.2) is 0 Å². The molecule has 0 spiro atoms. The van der Waals surface area contributed by atoms with Gasteiger partial charge < -0.3 is 0 Å². The summed E-state index contributed by atoms with van der Waals surface area (Å²) in [6.45, 7) is 11.2. The van der Waals surface area contributed by atoms with Crippen molar-refractivity contribution in [1.29, 1.82) is 0 Å². The molecule has 0 aliphatic heterocycles. The Kier molecular flexibility index (Phi) is 6.24. The first-order valence-corrected chi connectivity index (χ1v) is 7.10. The number of quaternary nitrogens is 2. The van der Waals surface area contributed by atoms with Crippen LogP contribution in [0.1, 0.15) is 53.4 Å². The van der Waals surface area contributed by atoms with E-state index in [4.69, 9.17) is 28.1 Å². The highest BCUT2D eigenvalue weighted by atomic mass is 16.8. The van der Waals surface area contributed by atoms with Gasteiger partial charge in [0, 0.05) is 32.4 Å². The quantitative estimate of drug-likeness (QED) is 0.161. The summed E-state index contributed by atoms with van der Waals surface area (Å²) in [5, 5.41) is 3.93. The van der Waals surface area contributed by atoms with E-state index in [0.717, 1.165) is 0 Å². The zero-order valence-corrected chi connectivity index (χ0v) is 13.6. The van der Waals surface area contributed by atoms with E-state index in [-0.39, 0.29) is 4.70 Å². The molecule has 0 aromatic carbocycles. The molecule has 0 bridgehead atoms. The lowest BCUT2D eigenvalue weighted by Gasteiger charge is -2.46. The molecule has 8 heteroatoms. The van der Waals surface area contributed by atoms with Crippen molar-refractivity contribution in [3.8, 4) is 0 Å². The summed E-state index contributed by atoms with van der Waals surface area (Å²) in [5.41, 5.74) is 4.47. The van der Waals surface area contributed by atoms with Gasteiger partial charge in [-0.05, 0) is 4.86 Å². The number of nitrogens with two attached hydrogens (primary N) is 4. The van der Waals surface area contributed by atoms with Crippen molar-refractivity contribution in [1.82, 2.24) is 0 Å². The maximum Gasteiger partial charge on any atom is 0.299 e. The molecule has 0 saturated heterocycles. The first-order valence-electron chi connectivity index (χ1n) is 7.10. The van der Waals surface area contributed by atoms with Crippen molar-refractivity contribution in [2.45, 2.75) is 64.8 Å². The molecule has 0 aromatic rings. The lowest BCUT2D eigenvalue weighted by atomic mass is 10.0. The average molecular weight is 291 g/mol. The summed E-state index contributed by atoms with van der Waals surface area (Å²) in [6.07, 6.45) is 2.26. The second-order valence-corrected chi connectivity index (χ2v) is 5.43. The summed E-state index contributed by atoms with van der Waals surface area (Å²) in [5.74, 6) is 18.5. The molecule has 20 heavy (non-hydrogen) atoms. The highest BCUT2D eigenvalue weighted by Gasteiger charge is 2.57. The van der Waals surface area contributed by atoms with Gasteiger partial charge in [-0.1, -0.05) is 42.3 Å². The van der Waals surface area contributed by atoms with Gasteiger partial charge in [0.25, 0.3) is 5.72 Å². The maximum atomic E-state index is 6.28. The molecule has 0 saturated carbocycles. The van der Waals surface area contributed by atoms with Gasteiger partial charge in [0.2, 0.25) is 5.66 Å². The van der Waals surface area contributed by atoms with Crippen molar-refractivity contribution < 1.29 is 14.4 Å². The van der Waals surface area contributed by atoms with Gasteiger partial charge in [-0.15, -0.1) is 11.7 Å². The first kappa shape index (κ1) is 19.4. The van der Waals surface area contributed by atoms with Crippen LogP contribution in [0.2, 0.25) is 0 Å². The van der Waals surface area contributed by atoms with Gasteiger partial charge in [-0.2, -0.15) is 5.84 Å². The largest absolute Gasteiger partial charge is 0.299 e. The summed E-state index contributed by atoms with van der Waals surface area (Å²) < 4.78 is -0.294. The van der Waals surface area contributed by atoms with Crippen molar-refractivity contribution in [3.05, 3.63) is 0 Å². The summed E-state index contributed by atoms with van der Waals surface area (Å²) in [7, 11) is 1.69. The molecule has 8 N–H and O–H groups in total. The fraction of sp³-hybridized carbons (Fsp3) is 0.917. The number of hydrogen-bond donors (Lipinski definition) is 4. The lowest BCUT2D eigenvalue weighted by Crippen LogP contribution is -2.81. The van der Waals surface area contributed by atoms with Crippen LogP contribution in [0.3, 0.4) is 0 Å². The molecule has 1 atom stereocenters. The number of rotatable bonds is 9. The third-order valence-corrected chi connectivity index (χ3v) is 4.47. The van der Waals surface area contributed by atoms with Crippen LogP contribution in [0.25, 0.3) is 0 Å². The molecule has 0 aliphatic rings. The van der Waals surface area contributed by atoms with Crippen LogP contribution in [0, 0.1) is 0 Å². The van der Waals surface area contributed by atoms with E-state index in [9.17, 15) is 0 Å². The Balaban J connectivity index is 5.65. The van der Waals surface area contributed by atoms with Crippen molar-refractivity contribution in [2.75, 3.05) is 7.05 Å². The Morgan fingerprint density at radius 1 is 1.00 bits per heavy atom. The highest BCUT2D eigenvalue weighted by molar-refractivity contribution is 5.21. The Morgan fingerprint density at radius 2 is 1.40 bits per heavy atom. The molecule has 0 aromatic heterocycles. The van der Waals surface area contributed by atoms with E-state index < -0.39 is 16.3 Å². The predicted molar refractivity (Wildman–Crippen MR) is 80.5 cm³/mol. The third kappa shape index (κ3) is 3.17. The highest BCUT2D eigenvalue weighted by Crippen LogP contribution is 2.33. The van der Waals surface area contributed by atoms with Gasteiger partial charge in [-0.3, -0.25) is 5.73 Å². The van der Waals surface area contributed by atoms with E-state index in [1.54, 1.807) is 7.05 Å². The summed E-state index contributed by atoms with van der Waals surface area (Å²) in [4.78, 5) is 5.25. The minimum atomic E-state index is -0.906. The van der Waals surface area contributed by atoms with Crippen molar-refractivity contribution in [2.24, 2.45) is 28.4 Å². The Morgan fingerprint density at radius 3 is 1.65 bits per heavy atom. The van der Waals surface area contributed by atoms with E-state index in [1.165, 1.54) is 0 Å². The maximum absolute atomic E-state index is 6.28. The summed E-state index contributed by atoms with van der Waals surface area (Å²) >= 11 is 0. The zero-order chi connectivity index (χ0) is 16.2. The molecule has 0 amide bonds. The smallest absolute Gasteiger partial charge is 0.273 e. The fourth-order valence-corrected chi connectivity index (χ4v) is 2.35. The Labute approximate surface area is 122 Å². The standard InChI is InChI=1S/C12H33N7O/c1-7-11(13,8-2)19(15,16)20-12(9-3,10-4)18(6,14)17-5/h5,7-10,13-16H2,1-4,6H3/q+2. The monoisotopic (exact) mass is 291 g/mol. The van der Waals surface area contributed by atoms with Gasteiger partial charge >= 0.3 is 0 Å². The topological polar surface area (TPSA) is 126 Å². The summed E-state index contributed by atoms with van der Waals surface area (Å²) in [6, 6.07) is 0. The van der Waals surface area contributed by atoms with Crippen LogP contribution >= 0.6 is 0 Å². The van der Waals surface area contributed by atoms with Crippen LogP contribution in [0.4, 0.5) is 0 Å². The van der Waals surface area contributed by atoms with E-state index in [0.29, 0.717) is 25.7 Å². The number of nitrogens with zero attached hydrogens (tertiary/aromatic N) is 3. The molecule has 8 nitrogen and oxygen atoms in total. The predicted octanol–water partition coefficient (Wildman–Crippen LogP) is 0.409. The molecule has 0 aliphatic carbocycles. The minimum Gasteiger partial charge on any atom is -0.273 e. The van der Waals surface area contributed by atoms with E-state index in [1.807, 2.05) is 27.7 Å². The Hall–Kier alpha value is -0.610. The molecular formula is C12H33N7O+2. The van der Waals surface area contributed by atoms with Crippen LogP contribution in [0.15, 0.2) is 5.10 Å². The molecular weight excluding hydrogens is 258 g/mol. The third-order valence-electron chi connectivity index (χ3n) is 4.47. The van der Waals surface area contributed by atoms with Gasteiger partial charge in [0.1, 0.15) is 7.05 Å². The average Bonchev–Trinajstić information content (AvgIpc) is 2.43. The van der Waals surface area contributed by atoms with Crippen LogP contribution < -0.4 is 23.3 Å². The van der Waals surface area contributed by atoms with Crippen molar-refractivity contribution in [3.63, 3.8) is 0 Å². The second-order valence-electron chi connectivity index (χ2n) is 5.43. The second kappa shape index (κ2) is 6.44. The molecule has 0 radical (unpaired) electrons. The fourth-order valence-electron chi connectivity index (χ4n) is 2.35. The Bertz CT molecular complexity index is 322. The van der Waals surface area contributed by atoms with Crippen LogP contribution in [-0.4, -0.2) is 34.7 Å². The van der Waals surface area contributed by atoms with Crippen LogP contribution in [0.5, 0.6) is 0 Å². The molecule has 0 rings (SSSR count). The van der Waals surface area contributed by atoms with Gasteiger partial charge in [0.05, 0.1) is 0 Å². The lowest BCUT2D eigenvalue weighted by molar-refractivity contribution is -1.21. The normalized spacial score (nSPS) is 16.9. The number of hydroxylamine groups is 1. The zero-order valence-electron chi connectivity index (χ0n) is 13.6. The SMILES string of the molecule is C=N[N+](C)(N)C(CC)(CC)O[N+](N)(N)C(N)(CC)CC. The number of hydrogen-bond acceptors (Lipinski definition) is 6. The van der Waals surface area contributed by atoms with Crippen molar-refractivity contribution >= 4 is 6.72 Å². The van der Waals surface area contributed by atoms with Crippen LogP contribution in [-0.2, 0) is 4.84 Å². The first-order chi connectivity index (χ1) is 9.01. The molecule has 0 heterocycles. The molecule has 0 fully saturated rings. The molecule has 120 valence electrons. The van der Waals surface area contributed by atoms with E-state index >= 15 is 0 Å².